The maximum absolute atomic E-state index is 14.9. The second kappa shape index (κ2) is 55.0. The van der Waals surface area contributed by atoms with Gasteiger partial charge in [0.2, 0.25) is 53.2 Å². The van der Waals surface area contributed by atoms with Gasteiger partial charge in [0.15, 0.2) is 6.23 Å². The SMILES string of the molecule is Cc1ccc2c(c1)[C@@]1(C)CCC[C@](C)(C(=O)NC(=O)[C@@]3(C)CCC[C@]4(C)c5cc(NC(=O)[C@H](CO)NC(=O)OCc6ccc(NC(=O)[C@H](CCCNC(N)=O)NC(=O)[C@@H](NC(=O)[C@@H](CCCCNC(=O)COC7CCCCCC(N[C@@H]8O[C@H](CO)[C@H](O)[C@H](O)[C@H]8O)=C7N=N)NC(=O)CCOCCOCCOCCOCCCC(=O)CCC(=O)N7Cc8ccccc8C#Cc8ccccc87)C(C)C)cc6)ccc5CC[C@@H]34)[C@@H]1CC2. The van der Waals surface area contributed by atoms with Crippen LogP contribution in [0.5, 0.6) is 0 Å². The van der Waals surface area contributed by atoms with Gasteiger partial charge in [-0.25, -0.2) is 15.1 Å². The van der Waals surface area contributed by atoms with Crippen LogP contribution in [-0.2, 0) is 118 Å². The third-order valence-electron chi connectivity index (χ3n) is 30.4. The van der Waals surface area contributed by atoms with Crippen LogP contribution in [0.3, 0.4) is 0 Å². The second-order valence-electron chi connectivity index (χ2n) is 41.2. The summed E-state index contributed by atoms with van der Waals surface area (Å²) in [5, 5.41) is 83.4. The fourth-order valence-electron chi connectivity index (χ4n) is 22.1. The number of para-hydroxylation sites is 1. The molecule has 2 aliphatic heterocycles. The van der Waals surface area contributed by atoms with Gasteiger partial charge in [-0.3, -0.25) is 53.3 Å². The van der Waals surface area contributed by atoms with Crippen LogP contribution in [0.25, 0.3) is 0 Å². The Labute approximate surface area is 865 Å². The summed E-state index contributed by atoms with van der Waals surface area (Å²) in [5.74, 6) is 1.03. The molecule has 0 bridgehead atoms. The van der Waals surface area contributed by atoms with Crippen molar-refractivity contribution >= 4 is 88.1 Å². The molecule has 1 saturated heterocycles. The highest BCUT2D eigenvalue weighted by Crippen LogP contribution is 2.60. The first kappa shape index (κ1) is 115. The van der Waals surface area contributed by atoms with Gasteiger partial charge >= 0.3 is 12.1 Å². The average Bonchev–Trinajstić information content (AvgIpc) is 0.718. The number of ether oxygens (including phenoxy) is 7. The number of nitrogens with zero attached hydrogens (tertiary/aromatic N) is 2. The van der Waals surface area contributed by atoms with E-state index in [4.69, 9.17) is 44.4 Å². The zero-order valence-electron chi connectivity index (χ0n) is 86.1. The molecule has 7 aliphatic rings. The highest BCUT2D eigenvalue weighted by molar-refractivity contribution is 6.02. The summed E-state index contributed by atoms with van der Waals surface area (Å²) in [6, 6.07) is 27.6. The normalized spacial score (nSPS) is 23.6. The summed E-state index contributed by atoms with van der Waals surface area (Å²) >= 11 is 0. The Balaban J connectivity index is 0.595. The molecule has 0 radical (unpaired) electrons. The zero-order chi connectivity index (χ0) is 106. The molecule has 0 aromatic heterocycles. The number of unbranched alkanes of at least 4 members (excludes halogenated alkanes) is 1. The van der Waals surface area contributed by atoms with Crippen molar-refractivity contribution in [3.8, 4) is 11.8 Å². The van der Waals surface area contributed by atoms with E-state index in [1.54, 1.807) is 36.9 Å². The largest absolute Gasteiger partial charge is 0.445 e. The van der Waals surface area contributed by atoms with Crippen molar-refractivity contribution in [2.75, 3.05) is 101 Å². The van der Waals surface area contributed by atoms with Crippen LogP contribution in [0, 0.1) is 52.9 Å². The molecule has 5 aliphatic carbocycles. The maximum atomic E-state index is 14.9. The van der Waals surface area contributed by atoms with Crippen molar-refractivity contribution in [2.24, 2.45) is 39.4 Å². The molecular weight excluding hydrogens is 1900 g/mol. The summed E-state index contributed by atoms with van der Waals surface area (Å²) in [6.07, 6.45) is 2.67. The summed E-state index contributed by atoms with van der Waals surface area (Å²) in [6.45, 7) is 13.8. The monoisotopic (exact) mass is 2050 g/mol. The summed E-state index contributed by atoms with van der Waals surface area (Å²) < 4.78 is 40.0. The van der Waals surface area contributed by atoms with E-state index in [0.29, 0.717) is 87.2 Å². The lowest BCUT2D eigenvalue weighted by molar-refractivity contribution is -0.234. The number of imide groups is 1. The standard InChI is InChI=1S/C110H150N14O24/c1-68(2)93(101(137)118-83(27-17-52-114-105(111)140)98(134)115-76-39-31-70(32-40-76)66-147-106(141)120-84(64-125)100(136)116-77-41-36-73-38-44-89-108(5,80(73)62-77)48-20-50-110(89,7)104(139)122-103(138)109(6)49-19-47-107(4)79-61-69(3)30-33-72(79)37-43-88(107)109)121-99(135)82(26-15-16-51-113-91(129)67-146-86-29-10-8-9-25-81(94(86)123-112)119-102-97(133)96(132)95(131)87(65-126)148-102)117-90(128)46-54-143-56-58-145-60-59-144-57-55-142-53-18-24-78(127)42-45-92(130)124-63-75-23-12-11-21-71(75)34-35-74-22-13-14-28-85(74)124/h11-14,21-23,28,30-33,36,39-41,61-62,68,82-84,86-89,93,95-97,102,112,119,125-126,131-133H,8-10,15-20,24-27,29,37-38,42-60,63-67H2,1-7H3,(H,113,129)(H,115,134)(H,116,136)(H,117,128)(H,118,137)(H,120,141)(H,121,135)(H3,111,114,140)(H,122,138,139)/t82-,83+,84+,86?,87-,88-,89-,93+,95+,96+,97-,102-,107-,108-,109+,110+/m1/s1. The molecule has 18 N–H and O–H groups in total. The molecule has 16 atom stereocenters. The zero-order valence-corrected chi connectivity index (χ0v) is 86.1. The van der Waals surface area contributed by atoms with E-state index in [9.17, 15) is 83.1 Å². The molecule has 38 heteroatoms. The number of hydrogen-bond acceptors (Lipinski definition) is 27. The van der Waals surface area contributed by atoms with Crippen molar-refractivity contribution in [3.05, 3.63) is 171 Å². The second-order valence-corrected chi connectivity index (χ2v) is 41.2. The first-order valence-electron chi connectivity index (χ1n) is 52.2. The molecule has 5 aromatic carbocycles. The van der Waals surface area contributed by atoms with Gasteiger partial charge in [0, 0.05) is 73.6 Å². The number of alkyl carbamates (subject to hydrolysis) is 1. The van der Waals surface area contributed by atoms with Crippen LogP contribution in [0.2, 0.25) is 0 Å². The number of carbonyl (C=O) groups is 12. The number of ketones is 1. The molecule has 2 heterocycles. The average molecular weight is 2050 g/mol. The smallest absolute Gasteiger partial charge is 0.408 e. The van der Waals surface area contributed by atoms with Crippen LogP contribution in [-0.4, -0.2) is 243 Å². The van der Waals surface area contributed by atoms with E-state index in [2.05, 4.69) is 116 Å². The number of nitrogens with one attached hydrogen (secondary N) is 11. The third kappa shape index (κ3) is 30.5. The minimum Gasteiger partial charge on any atom is -0.445 e. The molecular formula is C110H150N14O24. The van der Waals surface area contributed by atoms with Gasteiger partial charge in [-0.05, 0) is 221 Å². The Morgan fingerprint density at radius 1 is 0.554 bits per heavy atom. The molecule has 1 unspecified atom stereocenters. The number of carbonyl (C=O) groups excluding carboxylic acids is 12. The van der Waals surface area contributed by atoms with Gasteiger partial charge in [0.1, 0.15) is 79.4 Å². The molecule has 2 saturated carbocycles. The summed E-state index contributed by atoms with van der Waals surface area (Å²) in [7, 11) is 0. The van der Waals surface area contributed by atoms with Gasteiger partial charge < -0.3 is 117 Å². The highest BCUT2D eigenvalue weighted by Gasteiger charge is 2.59. The first-order valence-corrected chi connectivity index (χ1v) is 52.2. The molecule has 38 nitrogen and oxygen atoms in total. The summed E-state index contributed by atoms with van der Waals surface area (Å²) in [5.41, 5.74) is 21.9. The Hall–Kier alpha value is -12.0. The fraction of sp³-hybridized carbons (Fsp3) is 0.582. The number of Topliss-reactive ketones (excluding diaryl/α,β-unsaturated/α-hetero) is 1. The predicted octanol–water partition coefficient (Wildman–Crippen LogP) is 8.88. The van der Waals surface area contributed by atoms with E-state index in [0.717, 1.165) is 79.2 Å². The van der Waals surface area contributed by atoms with Gasteiger partial charge in [-0.2, -0.15) is 5.11 Å². The fourth-order valence-corrected chi connectivity index (χ4v) is 22.1. The molecule has 148 heavy (non-hydrogen) atoms. The number of rotatable bonds is 51. The number of primary amides is 1. The van der Waals surface area contributed by atoms with Crippen molar-refractivity contribution in [1.82, 2.24) is 42.5 Å². The van der Waals surface area contributed by atoms with Crippen molar-refractivity contribution in [2.45, 2.75) is 294 Å². The van der Waals surface area contributed by atoms with Crippen LogP contribution in [0.15, 0.2) is 126 Å². The van der Waals surface area contributed by atoms with E-state index in [-0.39, 0.29) is 176 Å². The lowest BCUT2D eigenvalue weighted by Gasteiger charge is -2.56. The third-order valence-corrected chi connectivity index (χ3v) is 30.4. The minimum absolute atomic E-state index is 0.00650. The Morgan fingerprint density at radius 3 is 1.82 bits per heavy atom. The van der Waals surface area contributed by atoms with Crippen molar-refractivity contribution < 1.29 is 116 Å². The molecule has 12 amide bonds. The van der Waals surface area contributed by atoms with Gasteiger partial charge in [-0.15, -0.1) is 0 Å². The van der Waals surface area contributed by atoms with Crippen molar-refractivity contribution in [1.29, 1.82) is 5.53 Å². The number of amides is 12. The Kier molecular flexibility index (Phi) is 42.6. The number of allylic oxidation sites excluding steroid dienone is 1. The minimum atomic E-state index is -1.66. The number of anilines is 3. The number of aliphatic hydroxyl groups excluding tert-OH is 5. The van der Waals surface area contributed by atoms with E-state index in [1.807, 2.05) is 67.6 Å². The number of aryl methyl sites for hydroxylation is 3. The molecule has 0 spiro atoms. The number of hydrogen-bond donors (Lipinski definition) is 17. The number of nitrogens with two attached hydrogens (primary N) is 1. The molecule has 804 valence electrons. The van der Waals surface area contributed by atoms with Crippen LogP contribution < -0.4 is 63.8 Å². The summed E-state index contributed by atoms with van der Waals surface area (Å²) in [4.78, 5) is 168. The first-order chi connectivity index (χ1) is 71.1. The number of aliphatic hydroxyl groups is 5. The number of urea groups is 1. The lowest BCUT2D eigenvalue weighted by atomic mass is 9.49. The van der Waals surface area contributed by atoms with Crippen LogP contribution in [0.4, 0.5) is 26.7 Å². The number of fused-ring (bicyclic) bond motifs is 8. The lowest BCUT2D eigenvalue weighted by Crippen LogP contribution is -2.62. The Morgan fingerprint density at radius 2 is 1.16 bits per heavy atom. The topological polar surface area (TPSA) is 556 Å². The maximum Gasteiger partial charge on any atom is 0.408 e. The highest BCUT2D eigenvalue weighted by atomic mass is 16.6. The van der Waals surface area contributed by atoms with E-state index in [1.165, 1.54) is 28.8 Å². The van der Waals surface area contributed by atoms with E-state index >= 15 is 0 Å². The Bertz CT molecular complexity index is 5560. The van der Waals surface area contributed by atoms with E-state index < -0.39 is 150 Å². The quantitative estimate of drug-likeness (QED) is 0.00747. The molecule has 3 fully saturated rings. The van der Waals surface area contributed by atoms with Crippen molar-refractivity contribution in [3.63, 3.8) is 0 Å². The molecule has 12 rings (SSSR count). The molecule has 5 aromatic rings. The number of benzene rings is 5. The van der Waals surface area contributed by atoms with Crippen LogP contribution in [0.1, 0.15) is 239 Å². The predicted molar refractivity (Wildman–Crippen MR) is 549 cm³/mol. The van der Waals surface area contributed by atoms with Gasteiger partial charge in [0.05, 0.1) is 82.5 Å². The van der Waals surface area contributed by atoms with Crippen LogP contribution >= 0.6 is 0 Å². The van der Waals surface area contributed by atoms with Gasteiger partial charge in [0.25, 0.3) is 0 Å². The van der Waals surface area contributed by atoms with Gasteiger partial charge in [-0.1, -0.05) is 151 Å².